The fourth-order valence-corrected chi connectivity index (χ4v) is 2.10. The van der Waals surface area contributed by atoms with E-state index in [-0.39, 0.29) is 11.3 Å². The van der Waals surface area contributed by atoms with Crippen LogP contribution in [0.1, 0.15) is 39.2 Å². The second-order valence-corrected chi connectivity index (χ2v) is 6.04. The van der Waals surface area contributed by atoms with Gasteiger partial charge in [0.1, 0.15) is 0 Å². The van der Waals surface area contributed by atoms with Crippen molar-refractivity contribution in [2.24, 2.45) is 11.1 Å². The summed E-state index contributed by atoms with van der Waals surface area (Å²) in [5, 5.41) is 0. The molecule has 1 heterocycles. The minimum absolute atomic E-state index is 0.0286. The van der Waals surface area contributed by atoms with Gasteiger partial charge in [0.15, 0.2) is 0 Å². The molecule has 0 aliphatic heterocycles. The summed E-state index contributed by atoms with van der Waals surface area (Å²) in [6.45, 7) is 8.41. The first kappa shape index (κ1) is 16.6. The van der Waals surface area contributed by atoms with E-state index in [0.29, 0.717) is 13.0 Å². The number of pyridine rings is 1. The lowest BCUT2D eigenvalue weighted by molar-refractivity contribution is -0.132. The second-order valence-electron chi connectivity index (χ2n) is 6.04. The third kappa shape index (κ3) is 5.70. The Morgan fingerprint density at radius 1 is 1.45 bits per heavy atom. The molecule has 0 saturated carbocycles. The topological polar surface area (TPSA) is 59.2 Å². The Balaban J connectivity index is 2.56. The van der Waals surface area contributed by atoms with Gasteiger partial charge in [0, 0.05) is 31.9 Å². The molecule has 0 bridgehead atoms. The number of aryl methyl sites for hydroxylation is 1. The van der Waals surface area contributed by atoms with Crippen LogP contribution in [0.3, 0.4) is 0 Å². The monoisotopic (exact) mass is 277 g/mol. The summed E-state index contributed by atoms with van der Waals surface area (Å²) in [6, 6.07) is 3.91. The predicted molar refractivity (Wildman–Crippen MR) is 82.3 cm³/mol. The van der Waals surface area contributed by atoms with Gasteiger partial charge in [-0.05, 0) is 36.4 Å². The highest BCUT2D eigenvalue weighted by atomic mass is 16.2. The SMILES string of the molecule is CCCN(CC(C)(C)CN)C(=O)CCc1cccnc1. The van der Waals surface area contributed by atoms with Crippen molar-refractivity contribution >= 4 is 5.91 Å². The molecule has 0 aromatic carbocycles. The summed E-state index contributed by atoms with van der Waals surface area (Å²) in [5.41, 5.74) is 6.85. The van der Waals surface area contributed by atoms with E-state index in [2.05, 4.69) is 25.8 Å². The fraction of sp³-hybridized carbons (Fsp3) is 0.625. The third-order valence-corrected chi connectivity index (χ3v) is 3.37. The summed E-state index contributed by atoms with van der Waals surface area (Å²) in [4.78, 5) is 18.4. The van der Waals surface area contributed by atoms with Gasteiger partial charge in [0.05, 0.1) is 0 Å². The molecular formula is C16H27N3O. The molecule has 2 N–H and O–H groups in total. The van der Waals surface area contributed by atoms with E-state index < -0.39 is 0 Å². The highest BCUT2D eigenvalue weighted by molar-refractivity contribution is 5.76. The highest BCUT2D eigenvalue weighted by Gasteiger charge is 2.22. The fourth-order valence-electron chi connectivity index (χ4n) is 2.10. The quantitative estimate of drug-likeness (QED) is 0.792. The molecule has 0 unspecified atom stereocenters. The molecule has 0 fully saturated rings. The Hall–Kier alpha value is -1.42. The van der Waals surface area contributed by atoms with Gasteiger partial charge in [-0.1, -0.05) is 26.8 Å². The number of hydrogen-bond acceptors (Lipinski definition) is 3. The van der Waals surface area contributed by atoms with Crippen LogP contribution in [0.25, 0.3) is 0 Å². The number of rotatable bonds is 8. The van der Waals surface area contributed by atoms with Crippen LogP contribution < -0.4 is 5.73 Å². The number of nitrogens with two attached hydrogens (primary N) is 1. The standard InChI is InChI=1S/C16H27N3O/c1-4-10-19(13-16(2,3)12-17)15(20)8-7-14-6-5-9-18-11-14/h5-6,9,11H,4,7-8,10,12-13,17H2,1-3H3. The molecule has 20 heavy (non-hydrogen) atoms. The number of amides is 1. The van der Waals surface area contributed by atoms with E-state index in [9.17, 15) is 4.79 Å². The maximum absolute atomic E-state index is 12.4. The van der Waals surface area contributed by atoms with Crippen LogP contribution in [0.5, 0.6) is 0 Å². The summed E-state index contributed by atoms with van der Waals surface area (Å²) < 4.78 is 0. The Morgan fingerprint density at radius 3 is 2.75 bits per heavy atom. The highest BCUT2D eigenvalue weighted by Crippen LogP contribution is 2.16. The van der Waals surface area contributed by atoms with Gasteiger partial charge in [-0.2, -0.15) is 0 Å². The summed E-state index contributed by atoms with van der Waals surface area (Å²) in [7, 11) is 0. The Bertz CT molecular complexity index is 403. The van der Waals surface area contributed by atoms with E-state index >= 15 is 0 Å². The Morgan fingerprint density at radius 2 is 2.20 bits per heavy atom. The minimum Gasteiger partial charge on any atom is -0.342 e. The van der Waals surface area contributed by atoms with Crippen molar-refractivity contribution in [3.63, 3.8) is 0 Å². The van der Waals surface area contributed by atoms with Crippen molar-refractivity contribution in [2.45, 2.75) is 40.0 Å². The Kier molecular flexibility index (Phi) is 6.65. The van der Waals surface area contributed by atoms with Gasteiger partial charge in [-0.25, -0.2) is 0 Å². The van der Waals surface area contributed by atoms with Crippen LogP contribution >= 0.6 is 0 Å². The first-order valence-corrected chi connectivity index (χ1v) is 7.35. The molecule has 0 radical (unpaired) electrons. The molecule has 4 heteroatoms. The van der Waals surface area contributed by atoms with Gasteiger partial charge in [-0.3, -0.25) is 9.78 Å². The summed E-state index contributed by atoms with van der Waals surface area (Å²) in [5.74, 6) is 0.206. The minimum atomic E-state index is -0.0286. The van der Waals surface area contributed by atoms with Gasteiger partial charge < -0.3 is 10.6 Å². The maximum atomic E-state index is 12.4. The lowest BCUT2D eigenvalue weighted by atomic mass is 9.92. The Labute approximate surface area is 122 Å². The maximum Gasteiger partial charge on any atom is 0.222 e. The van der Waals surface area contributed by atoms with Crippen LogP contribution in [0.15, 0.2) is 24.5 Å². The molecule has 0 aliphatic carbocycles. The lowest BCUT2D eigenvalue weighted by Crippen LogP contribution is -2.42. The van der Waals surface area contributed by atoms with Crippen LogP contribution in [0.2, 0.25) is 0 Å². The average Bonchev–Trinajstić information content (AvgIpc) is 2.45. The number of carbonyl (C=O) groups is 1. The molecule has 1 rings (SSSR count). The molecule has 4 nitrogen and oxygen atoms in total. The van der Waals surface area contributed by atoms with Crippen molar-refractivity contribution in [3.05, 3.63) is 30.1 Å². The molecule has 1 aromatic rings. The van der Waals surface area contributed by atoms with Crippen LogP contribution in [-0.4, -0.2) is 35.4 Å². The zero-order valence-corrected chi connectivity index (χ0v) is 12.9. The molecular weight excluding hydrogens is 250 g/mol. The zero-order valence-electron chi connectivity index (χ0n) is 12.9. The summed E-state index contributed by atoms with van der Waals surface area (Å²) >= 11 is 0. The molecule has 1 amide bonds. The van der Waals surface area contributed by atoms with Crippen molar-refractivity contribution in [3.8, 4) is 0 Å². The van der Waals surface area contributed by atoms with Crippen molar-refractivity contribution in [1.82, 2.24) is 9.88 Å². The summed E-state index contributed by atoms with van der Waals surface area (Å²) in [6.07, 6.45) is 5.82. The van der Waals surface area contributed by atoms with Gasteiger partial charge in [0.25, 0.3) is 0 Å². The molecule has 112 valence electrons. The molecule has 0 spiro atoms. The van der Waals surface area contributed by atoms with E-state index in [4.69, 9.17) is 5.73 Å². The number of nitrogens with zero attached hydrogens (tertiary/aromatic N) is 2. The van der Waals surface area contributed by atoms with E-state index in [0.717, 1.165) is 31.5 Å². The molecule has 0 aliphatic rings. The molecule has 0 atom stereocenters. The van der Waals surface area contributed by atoms with Crippen molar-refractivity contribution < 1.29 is 4.79 Å². The van der Waals surface area contributed by atoms with Gasteiger partial charge in [0.2, 0.25) is 5.91 Å². The zero-order chi connectivity index (χ0) is 15.0. The second kappa shape index (κ2) is 8.00. The number of aromatic nitrogens is 1. The van der Waals surface area contributed by atoms with E-state index in [1.165, 1.54) is 0 Å². The number of carbonyl (C=O) groups excluding carboxylic acids is 1. The predicted octanol–water partition coefficient (Wildman–Crippen LogP) is 2.24. The van der Waals surface area contributed by atoms with Crippen LogP contribution in [0.4, 0.5) is 0 Å². The van der Waals surface area contributed by atoms with Gasteiger partial charge in [-0.15, -0.1) is 0 Å². The first-order chi connectivity index (χ1) is 9.48. The smallest absolute Gasteiger partial charge is 0.222 e. The van der Waals surface area contributed by atoms with Crippen LogP contribution in [0, 0.1) is 5.41 Å². The molecule has 1 aromatic heterocycles. The van der Waals surface area contributed by atoms with Crippen molar-refractivity contribution in [1.29, 1.82) is 0 Å². The largest absolute Gasteiger partial charge is 0.342 e. The first-order valence-electron chi connectivity index (χ1n) is 7.35. The van der Waals surface area contributed by atoms with E-state index in [1.54, 1.807) is 6.20 Å². The van der Waals surface area contributed by atoms with E-state index in [1.807, 2.05) is 23.2 Å². The van der Waals surface area contributed by atoms with Crippen LogP contribution in [-0.2, 0) is 11.2 Å². The van der Waals surface area contributed by atoms with Gasteiger partial charge >= 0.3 is 0 Å². The lowest BCUT2D eigenvalue weighted by Gasteiger charge is -2.31. The normalized spacial score (nSPS) is 11.4. The average molecular weight is 277 g/mol. The third-order valence-electron chi connectivity index (χ3n) is 3.37. The van der Waals surface area contributed by atoms with Crippen molar-refractivity contribution in [2.75, 3.05) is 19.6 Å². The number of hydrogen-bond donors (Lipinski definition) is 1. The molecule has 0 saturated heterocycles.